The Balaban J connectivity index is 1.81. The summed E-state index contributed by atoms with van der Waals surface area (Å²) >= 11 is 0. The molecule has 1 N–H and O–H groups in total. The van der Waals surface area contributed by atoms with E-state index in [0.717, 1.165) is 19.4 Å². The third kappa shape index (κ3) is 2.79. The summed E-state index contributed by atoms with van der Waals surface area (Å²) in [5.74, 6) is 1.08. The molecular formula is C10H14N2O3. The highest BCUT2D eigenvalue weighted by atomic mass is 16.5. The fraction of sp³-hybridized carbons (Fsp3) is 0.600. The number of ether oxygens (including phenoxy) is 1. The summed E-state index contributed by atoms with van der Waals surface area (Å²) in [5.41, 5.74) is 0. The molecule has 0 aromatic carbocycles. The van der Waals surface area contributed by atoms with Crippen molar-refractivity contribution in [2.24, 2.45) is 0 Å². The first-order valence-electron chi connectivity index (χ1n) is 5.09. The number of hydrogen-bond donors (Lipinski definition) is 1. The monoisotopic (exact) mass is 210 g/mol. The molecule has 5 heteroatoms. The van der Waals surface area contributed by atoms with Crippen molar-refractivity contribution < 1.29 is 14.1 Å². The molecule has 1 saturated heterocycles. The number of nitrogens with one attached hydrogen (secondary N) is 1. The van der Waals surface area contributed by atoms with E-state index in [9.17, 15) is 4.79 Å². The van der Waals surface area contributed by atoms with Crippen molar-refractivity contribution in [3.8, 4) is 0 Å². The molecule has 0 bridgehead atoms. The van der Waals surface area contributed by atoms with Gasteiger partial charge in [-0.2, -0.15) is 0 Å². The fourth-order valence-corrected chi connectivity index (χ4v) is 1.63. The second kappa shape index (κ2) is 4.44. The standard InChI is InChI=1S/C10H14N2O3/c1-7-5-9(12-15-7)11-10(13)6-8-3-2-4-14-8/h5,8H,2-4,6H2,1H3,(H,11,12,13). The van der Waals surface area contributed by atoms with Gasteiger partial charge in [-0.1, -0.05) is 5.16 Å². The molecule has 2 rings (SSSR count). The smallest absolute Gasteiger partial charge is 0.228 e. The van der Waals surface area contributed by atoms with Gasteiger partial charge in [-0.3, -0.25) is 4.79 Å². The van der Waals surface area contributed by atoms with E-state index in [0.29, 0.717) is 18.0 Å². The molecule has 1 aromatic rings. The van der Waals surface area contributed by atoms with Crippen molar-refractivity contribution in [3.05, 3.63) is 11.8 Å². The van der Waals surface area contributed by atoms with Crippen molar-refractivity contribution in [1.29, 1.82) is 0 Å². The van der Waals surface area contributed by atoms with Gasteiger partial charge in [-0.15, -0.1) is 0 Å². The number of aromatic nitrogens is 1. The summed E-state index contributed by atoms with van der Waals surface area (Å²) in [4.78, 5) is 11.5. The van der Waals surface area contributed by atoms with Crippen molar-refractivity contribution in [1.82, 2.24) is 5.16 Å². The molecule has 82 valence electrons. The van der Waals surface area contributed by atoms with E-state index in [4.69, 9.17) is 9.26 Å². The highest BCUT2D eigenvalue weighted by molar-refractivity contribution is 5.90. The van der Waals surface area contributed by atoms with Gasteiger partial charge in [-0.05, 0) is 19.8 Å². The second-order valence-electron chi connectivity index (χ2n) is 3.71. The van der Waals surface area contributed by atoms with Crippen LogP contribution in [0.5, 0.6) is 0 Å². The third-order valence-corrected chi connectivity index (χ3v) is 2.33. The molecule has 1 aromatic heterocycles. The lowest BCUT2D eigenvalue weighted by molar-refractivity contribution is -0.118. The summed E-state index contributed by atoms with van der Waals surface area (Å²) < 4.78 is 10.2. The lowest BCUT2D eigenvalue weighted by atomic mass is 10.2. The maximum Gasteiger partial charge on any atom is 0.228 e. The van der Waals surface area contributed by atoms with E-state index in [1.165, 1.54) is 0 Å². The summed E-state index contributed by atoms with van der Waals surface area (Å²) in [6, 6.07) is 1.69. The predicted molar refractivity (Wildman–Crippen MR) is 53.5 cm³/mol. The minimum absolute atomic E-state index is 0.0676. The topological polar surface area (TPSA) is 64.4 Å². The summed E-state index contributed by atoms with van der Waals surface area (Å²) in [6.07, 6.45) is 2.47. The Labute approximate surface area is 87.8 Å². The lowest BCUT2D eigenvalue weighted by Crippen LogP contribution is -2.19. The molecular weight excluding hydrogens is 196 g/mol. The molecule has 2 heterocycles. The molecule has 15 heavy (non-hydrogen) atoms. The first kappa shape index (κ1) is 10.2. The highest BCUT2D eigenvalue weighted by Crippen LogP contribution is 2.16. The Bertz CT molecular complexity index is 342. The van der Waals surface area contributed by atoms with Crippen LogP contribution in [-0.4, -0.2) is 23.8 Å². The maximum absolute atomic E-state index is 11.5. The number of amides is 1. The maximum atomic E-state index is 11.5. The molecule has 0 spiro atoms. The van der Waals surface area contributed by atoms with Gasteiger partial charge in [0.05, 0.1) is 12.5 Å². The molecule has 0 aliphatic carbocycles. The Morgan fingerprint density at radius 1 is 1.73 bits per heavy atom. The normalized spacial score (nSPS) is 20.5. The zero-order chi connectivity index (χ0) is 10.7. The first-order chi connectivity index (χ1) is 7.24. The van der Waals surface area contributed by atoms with E-state index in [2.05, 4.69) is 10.5 Å². The lowest BCUT2D eigenvalue weighted by Gasteiger charge is -2.07. The van der Waals surface area contributed by atoms with Gasteiger partial charge in [0.2, 0.25) is 5.91 Å². The van der Waals surface area contributed by atoms with Crippen LogP contribution < -0.4 is 5.32 Å². The van der Waals surface area contributed by atoms with Gasteiger partial charge in [0.1, 0.15) is 5.76 Å². The van der Waals surface area contributed by atoms with Crippen LogP contribution in [0.1, 0.15) is 25.0 Å². The van der Waals surface area contributed by atoms with E-state index in [1.807, 2.05) is 0 Å². The van der Waals surface area contributed by atoms with E-state index < -0.39 is 0 Å². The second-order valence-corrected chi connectivity index (χ2v) is 3.71. The molecule has 0 saturated carbocycles. The molecule has 1 aliphatic heterocycles. The number of nitrogens with zero attached hydrogens (tertiary/aromatic N) is 1. The molecule has 1 unspecified atom stereocenters. The van der Waals surface area contributed by atoms with Gasteiger partial charge in [0.15, 0.2) is 5.82 Å². The number of carbonyl (C=O) groups is 1. The molecule has 1 aliphatic rings. The Kier molecular flexibility index (Phi) is 3.01. The quantitative estimate of drug-likeness (QED) is 0.820. The number of anilines is 1. The Morgan fingerprint density at radius 3 is 3.20 bits per heavy atom. The zero-order valence-corrected chi connectivity index (χ0v) is 8.66. The van der Waals surface area contributed by atoms with Gasteiger partial charge in [0.25, 0.3) is 0 Å². The molecule has 0 radical (unpaired) electrons. The SMILES string of the molecule is Cc1cc(NC(=O)CC2CCCO2)no1. The van der Waals surface area contributed by atoms with Crippen LogP contribution in [0, 0.1) is 6.92 Å². The minimum Gasteiger partial charge on any atom is -0.378 e. The average molecular weight is 210 g/mol. The average Bonchev–Trinajstić information content (AvgIpc) is 2.77. The largest absolute Gasteiger partial charge is 0.378 e. The molecule has 1 atom stereocenters. The van der Waals surface area contributed by atoms with Gasteiger partial charge in [0, 0.05) is 12.7 Å². The van der Waals surface area contributed by atoms with Crippen molar-refractivity contribution in [2.75, 3.05) is 11.9 Å². The number of rotatable bonds is 3. The summed E-state index contributed by atoms with van der Waals surface area (Å²) in [7, 11) is 0. The fourth-order valence-electron chi connectivity index (χ4n) is 1.63. The van der Waals surface area contributed by atoms with Crippen LogP contribution in [0.4, 0.5) is 5.82 Å². The Hall–Kier alpha value is -1.36. The van der Waals surface area contributed by atoms with Crippen molar-refractivity contribution in [3.63, 3.8) is 0 Å². The van der Waals surface area contributed by atoms with Crippen LogP contribution in [-0.2, 0) is 9.53 Å². The van der Waals surface area contributed by atoms with E-state index in [-0.39, 0.29) is 12.0 Å². The molecule has 1 fully saturated rings. The van der Waals surface area contributed by atoms with Crippen LogP contribution in [0.3, 0.4) is 0 Å². The summed E-state index contributed by atoms with van der Waals surface area (Å²) in [5, 5.41) is 6.35. The number of hydrogen-bond acceptors (Lipinski definition) is 4. The minimum atomic E-state index is -0.0739. The number of aryl methyl sites for hydroxylation is 1. The molecule has 1 amide bonds. The van der Waals surface area contributed by atoms with Crippen LogP contribution >= 0.6 is 0 Å². The molecule has 5 nitrogen and oxygen atoms in total. The van der Waals surface area contributed by atoms with Crippen molar-refractivity contribution >= 4 is 11.7 Å². The highest BCUT2D eigenvalue weighted by Gasteiger charge is 2.19. The number of carbonyl (C=O) groups excluding carboxylic acids is 1. The third-order valence-electron chi connectivity index (χ3n) is 2.33. The van der Waals surface area contributed by atoms with Crippen LogP contribution in [0.15, 0.2) is 10.6 Å². The van der Waals surface area contributed by atoms with Gasteiger partial charge >= 0.3 is 0 Å². The first-order valence-corrected chi connectivity index (χ1v) is 5.09. The van der Waals surface area contributed by atoms with Crippen LogP contribution in [0.2, 0.25) is 0 Å². The summed E-state index contributed by atoms with van der Waals surface area (Å²) in [6.45, 7) is 2.55. The van der Waals surface area contributed by atoms with Crippen LogP contribution in [0.25, 0.3) is 0 Å². The zero-order valence-electron chi connectivity index (χ0n) is 8.66. The van der Waals surface area contributed by atoms with Crippen molar-refractivity contribution in [2.45, 2.75) is 32.3 Å². The van der Waals surface area contributed by atoms with Gasteiger partial charge < -0.3 is 14.6 Å². The van der Waals surface area contributed by atoms with Gasteiger partial charge in [-0.25, -0.2) is 0 Å². The van der Waals surface area contributed by atoms with E-state index >= 15 is 0 Å². The Morgan fingerprint density at radius 2 is 2.60 bits per heavy atom. The predicted octanol–water partition coefficient (Wildman–Crippen LogP) is 1.49. The van der Waals surface area contributed by atoms with E-state index in [1.54, 1.807) is 13.0 Å².